The van der Waals surface area contributed by atoms with Gasteiger partial charge in [-0.2, -0.15) is 0 Å². The van der Waals surface area contributed by atoms with Crippen LogP contribution in [0, 0.1) is 10.5 Å². The van der Waals surface area contributed by atoms with Crippen LogP contribution in [-0.2, 0) is 11.8 Å². The molecule has 0 fully saturated rings. The number of carbonyl (C=O) groups is 1. The molecule has 0 saturated heterocycles. The zero-order chi connectivity index (χ0) is 14.7. The van der Waals surface area contributed by atoms with Crippen LogP contribution in [0.15, 0.2) is 23.4 Å². The van der Waals surface area contributed by atoms with Crippen LogP contribution in [0.25, 0.3) is 0 Å². The molecule has 8 heteroatoms. The number of benzene rings is 1. The number of nitrogens with one attached hydrogen (secondary N) is 1. The maximum absolute atomic E-state index is 11.9. The number of halogens is 1. The Labute approximate surface area is 134 Å². The summed E-state index contributed by atoms with van der Waals surface area (Å²) in [6.07, 6.45) is 0. The Bertz CT molecular complexity index is 643. The number of rotatable bonds is 4. The topological polar surface area (TPSA) is 85.8 Å². The zero-order valence-electron chi connectivity index (χ0n) is 11.1. The summed E-state index contributed by atoms with van der Waals surface area (Å²) in [7, 11) is 1.76. The third-order valence-electron chi connectivity index (χ3n) is 2.66. The fourth-order valence-electron chi connectivity index (χ4n) is 1.54. The van der Waals surface area contributed by atoms with Crippen molar-refractivity contribution in [2.24, 2.45) is 7.05 Å². The summed E-state index contributed by atoms with van der Waals surface area (Å²) >= 11 is 3.54. The van der Waals surface area contributed by atoms with Gasteiger partial charge in [0.25, 0.3) is 0 Å². The van der Waals surface area contributed by atoms with Gasteiger partial charge in [0.2, 0.25) is 11.9 Å². The summed E-state index contributed by atoms with van der Waals surface area (Å²) in [5.74, 6) is 0.513. The lowest BCUT2D eigenvalue weighted by molar-refractivity contribution is -0.113. The van der Waals surface area contributed by atoms with Gasteiger partial charge in [0, 0.05) is 16.3 Å². The third kappa shape index (κ3) is 3.63. The average molecular weight is 403 g/mol. The van der Waals surface area contributed by atoms with E-state index < -0.39 is 0 Å². The van der Waals surface area contributed by atoms with Crippen molar-refractivity contribution in [1.29, 1.82) is 0 Å². The minimum absolute atomic E-state index is 0.0825. The standard InChI is InChI=1S/C12H14IN5OS/c1-7-5-8(13)3-4-9(7)15-10(19)6-20-12-17-16-11(14)18(12)2/h3-5H,6H2,1-2H3,(H2,14,16)(H,15,19). The predicted molar refractivity (Wildman–Crippen MR) is 88.7 cm³/mol. The van der Waals surface area contributed by atoms with Crippen LogP contribution in [0.2, 0.25) is 0 Å². The summed E-state index contributed by atoms with van der Waals surface area (Å²) < 4.78 is 2.79. The van der Waals surface area contributed by atoms with E-state index in [9.17, 15) is 4.79 Å². The van der Waals surface area contributed by atoms with Crippen LogP contribution >= 0.6 is 34.4 Å². The van der Waals surface area contributed by atoms with Crippen LogP contribution in [0.4, 0.5) is 11.6 Å². The van der Waals surface area contributed by atoms with Crippen molar-refractivity contribution in [3.8, 4) is 0 Å². The van der Waals surface area contributed by atoms with E-state index in [1.165, 1.54) is 11.8 Å². The van der Waals surface area contributed by atoms with Crippen molar-refractivity contribution in [2.45, 2.75) is 12.1 Å². The van der Waals surface area contributed by atoms with E-state index >= 15 is 0 Å². The first kappa shape index (κ1) is 15.1. The van der Waals surface area contributed by atoms with Gasteiger partial charge in [-0.25, -0.2) is 0 Å². The molecule has 20 heavy (non-hydrogen) atoms. The number of carbonyl (C=O) groups excluding carboxylic acids is 1. The SMILES string of the molecule is Cc1cc(I)ccc1NC(=O)CSc1nnc(N)n1C. The molecule has 0 atom stereocenters. The average Bonchev–Trinajstić information content (AvgIpc) is 2.71. The molecule has 0 aliphatic rings. The molecule has 0 saturated carbocycles. The molecule has 1 aromatic heterocycles. The summed E-state index contributed by atoms with van der Waals surface area (Å²) in [4.78, 5) is 11.9. The highest BCUT2D eigenvalue weighted by atomic mass is 127. The van der Waals surface area contributed by atoms with E-state index in [4.69, 9.17) is 5.73 Å². The van der Waals surface area contributed by atoms with Gasteiger partial charge < -0.3 is 11.1 Å². The highest BCUT2D eigenvalue weighted by molar-refractivity contribution is 14.1. The van der Waals surface area contributed by atoms with Gasteiger partial charge in [0.1, 0.15) is 0 Å². The highest BCUT2D eigenvalue weighted by Gasteiger charge is 2.10. The molecule has 1 heterocycles. The Morgan fingerprint density at radius 1 is 1.50 bits per heavy atom. The smallest absolute Gasteiger partial charge is 0.234 e. The number of anilines is 2. The normalized spacial score (nSPS) is 10.6. The van der Waals surface area contributed by atoms with Crippen LogP contribution < -0.4 is 11.1 Å². The number of hydrogen-bond acceptors (Lipinski definition) is 5. The van der Waals surface area contributed by atoms with Crippen molar-refractivity contribution in [3.63, 3.8) is 0 Å². The first-order valence-electron chi connectivity index (χ1n) is 5.81. The number of thioether (sulfide) groups is 1. The minimum atomic E-state index is -0.0825. The molecular formula is C12H14IN5OS. The number of amides is 1. The monoisotopic (exact) mass is 403 g/mol. The van der Waals surface area contributed by atoms with Crippen LogP contribution in [0.1, 0.15) is 5.56 Å². The Morgan fingerprint density at radius 2 is 2.25 bits per heavy atom. The molecule has 0 spiro atoms. The number of nitrogens with two attached hydrogens (primary N) is 1. The first-order chi connectivity index (χ1) is 9.47. The van der Waals surface area contributed by atoms with Crippen molar-refractivity contribution in [3.05, 3.63) is 27.3 Å². The highest BCUT2D eigenvalue weighted by Crippen LogP contribution is 2.20. The molecule has 6 nitrogen and oxygen atoms in total. The molecular weight excluding hydrogens is 389 g/mol. The molecule has 2 rings (SSSR count). The molecule has 0 bridgehead atoms. The van der Waals surface area contributed by atoms with Crippen molar-refractivity contribution in [2.75, 3.05) is 16.8 Å². The second kappa shape index (κ2) is 6.44. The number of hydrogen-bond donors (Lipinski definition) is 2. The van der Waals surface area contributed by atoms with Crippen molar-refractivity contribution < 1.29 is 4.79 Å². The van der Waals surface area contributed by atoms with Gasteiger partial charge in [0.05, 0.1) is 5.75 Å². The Hall–Kier alpha value is -1.29. The molecule has 3 N–H and O–H groups in total. The summed E-state index contributed by atoms with van der Waals surface area (Å²) in [5.41, 5.74) is 7.45. The van der Waals surface area contributed by atoms with E-state index in [0.717, 1.165) is 14.8 Å². The number of nitrogens with zero attached hydrogens (tertiary/aromatic N) is 3. The molecule has 0 radical (unpaired) electrons. The first-order valence-corrected chi connectivity index (χ1v) is 7.87. The Morgan fingerprint density at radius 3 is 2.85 bits per heavy atom. The van der Waals surface area contributed by atoms with Crippen LogP contribution in [-0.4, -0.2) is 26.4 Å². The molecule has 0 aliphatic heterocycles. The summed E-state index contributed by atoms with van der Waals surface area (Å²) in [6, 6.07) is 5.88. The second-order valence-corrected chi connectivity index (χ2v) is 6.38. The molecule has 0 unspecified atom stereocenters. The second-order valence-electron chi connectivity index (χ2n) is 4.20. The minimum Gasteiger partial charge on any atom is -0.368 e. The lowest BCUT2D eigenvalue weighted by Gasteiger charge is -2.08. The zero-order valence-corrected chi connectivity index (χ0v) is 14.0. The molecule has 2 aromatic rings. The van der Waals surface area contributed by atoms with Crippen LogP contribution in [0.5, 0.6) is 0 Å². The summed E-state index contributed by atoms with van der Waals surface area (Å²) in [6.45, 7) is 1.97. The van der Waals surface area contributed by atoms with E-state index in [2.05, 4.69) is 38.1 Å². The van der Waals surface area contributed by atoms with E-state index in [-0.39, 0.29) is 11.7 Å². The maximum atomic E-state index is 11.9. The van der Waals surface area contributed by atoms with Gasteiger partial charge in [-0.15, -0.1) is 10.2 Å². The molecule has 1 aromatic carbocycles. The Balaban J connectivity index is 1.94. The third-order valence-corrected chi connectivity index (χ3v) is 4.35. The maximum Gasteiger partial charge on any atom is 0.234 e. The van der Waals surface area contributed by atoms with E-state index in [0.29, 0.717) is 11.1 Å². The van der Waals surface area contributed by atoms with E-state index in [1.54, 1.807) is 11.6 Å². The molecule has 106 valence electrons. The van der Waals surface area contributed by atoms with Gasteiger partial charge in [-0.05, 0) is 53.3 Å². The van der Waals surface area contributed by atoms with Gasteiger partial charge >= 0.3 is 0 Å². The predicted octanol–water partition coefficient (Wildman–Crippen LogP) is 2.04. The number of aromatic nitrogens is 3. The molecule has 0 aliphatic carbocycles. The van der Waals surface area contributed by atoms with Crippen LogP contribution in [0.3, 0.4) is 0 Å². The quantitative estimate of drug-likeness (QED) is 0.603. The lowest BCUT2D eigenvalue weighted by atomic mass is 10.2. The fraction of sp³-hybridized carbons (Fsp3) is 0.250. The van der Waals surface area contributed by atoms with E-state index in [1.807, 2.05) is 25.1 Å². The van der Waals surface area contributed by atoms with Gasteiger partial charge in [0.15, 0.2) is 5.16 Å². The largest absolute Gasteiger partial charge is 0.368 e. The molecule has 1 amide bonds. The lowest BCUT2D eigenvalue weighted by Crippen LogP contribution is -2.15. The van der Waals surface area contributed by atoms with Crippen molar-refractivity contribution >= 4 is 51.9 Å². The van der Waals surface area contributed by atoms with Crippen molar-refractivity contribution in [1.82, 2.24) is 14.8 Å². The number of aryl methyl sites for hydroxylation is 1. The van der Waals surface area contributed by atoms with Gasteiger partial charge in [-0.3, -0.25) is 9.36 Å². The summed E-state index contributed by atoms with van der Waals surface area (Å²) in [5, 5.41) is 11.1. The fourth-order valence-corrected chi connectivity index (χ4v) is 2.90. The number of nitrogen functional groups attached to an aromatic ring is 1. The van der Waals surface area contributed by atoms with Gasteiger partial charge in [-0.1, -0.05) is 11.8 Å². The Kier molecular flexibility index (Phi) is 4.86.